The van der Waals surface area contributed by atoms with E-state index in [4.69, 9.17) is 14.2 Å². The fourth-order valence-corrected chi connectivity index (χ4v) is 2.37. The van der Waals surface area contributed by atoms with E-state index in [0.29, 0.717) is 19.4 Å². The van der Waals surface area contributed by atoms with Crippen molar-refractivity contribution in [2.45, 2.75) is 25.7 Å². The van der Waals surface area contributed by atoms with Gasteiger partial charge in [0.25, 0.3) is 0 Å². The van der Waals surface area contributed by atoms with E-state index in [9.17, 15) is 4.79 Å². The monoisotopic (exact) mass is 328 g/mol. The van der Waals surface area contributed by atoms with Crippen LogP contribution in [0.2, 0.25) is 0 Å². The van der Waals surface area contributed by atoms with Crippen LogP contribution in [-0.4, -0.2) is 26.8 Å². The van der Waals surface area contributed by atoms with Crippen LogP contribution >= 0.6 is 0 Å². The molecule has 2 aromatic carbocycles. The van der Waals surface area contributed by atoms with Gasteiger partial charge < -0.3 is 14.2 Å². The number of hydrogen-bond acceptors (Lipinski definition) is 4. The molecule has 0 saturated heterocycles. The van der Waals surface area contributed by atoms with E-state index in [1.165, 1.54) is 5.56 Å². The highest BCUT2D eigenvalue weighted by Gasteiger charge is 2.04. The van der Waals surface area contributed by atoms with Crippen molar-refractivity contribution in [3.63, 3.8) is 0 Å². The molecule has 24 heavy (non-hydrogen) atoms. The Hall–Kier alpha value is -2.49. The highest BCUT2D eigenvalue weighted by Crippen LogP contribution is 2.14. The predicted octanol–water partition coefficient (Wildman–Crippen LogP) is 3.81. The quantitative estimate of drug-likeness (QED) is 0.519. The van der Waals surface area contributed by atoms with Gasteiger partial charge in [0.2, 0.25) is 0 Å². The van der Waals surface area contributed by atoms with E-state index in [2.05, 4.69) is 0 Å². The van der Waals surface area contributed by atoms with E-state index in [-0.39, 0.29) is 5.97 Å². The topological polar surface area (TPSA) is 44.8 Å². The number of methoxy groups -OCH3 is 2. The number of benzene rings is 2. The van der Waals surface area contributed by atoms with Crippen molar-refractivity contribution in [2.24, 2.45) is 0 Å². The summed E-state index contributed by atoms with van der Waals surface area (Å²) >= 11 is 0. The molecule has 0 heterocycles. The summed E-state index contributed by atoms with van der Waals surface area (Å²) in [5.41, 5.74) is 2.32. The first-order chi connectivity index (χ1) is 11.7. The summed E-state index contributed by atoms with van der Waals surface area (Å²) in [7, 11) is 3.29. The summed E-state index contributed by atoms with van der Waals surface area (Å²) in [6, 6.07) is 15.7. The number of esters is 1. The van der Waals surface area contributed by atoms with Gasteiger partial charge in [-0.25, -0.2) is 0 Å². The van der Waals surface area contributed by atoms with Gasteiger partial charge in [-0.05, 0) is 54.7 Å². The molecule has 0 aliphatic carbocycles. The first-order valence-electron chi connectivity index (χ1n) is 8.13. The Morgan fingerprint density at radius 1 is 0.792 bits per heavy atom. The summed E-state index contributed by atoms with van der Waals surface area (Å²) in [5.74, 6) is 1.52. The molecule has 0 aromatic heterocycles. The van der Waals surface area contributed by atoms with Crippen molar-refractivity contribution in [1.29, 1.82) is 0 Å². The third kappa shape index (κ3) is 5.95. The lowest BCUT2D eigenvalue weighted by molar-refractivity contribution is -0.143. The number of carbonyl (C=O) groups is 1. The number of ether oxygens (including phenoxy) is 3. The van der Waals surface area contributed by atoms with Crippen LogP contribution in [0.1, 0.15) is 24.0 Å². The van der Waals surface area contributed by atoms with Gasteiger partial charge in [-0.2, -0.15) is 0 Å². The maximum atomic E-state index is 11.8. The normalized spacial score (nSPS) is 10.2. The number of carbonyl (C=O) groups excluding carboxylic acids is 1. The van der Waals surface area contributed by atoms with Gasteiger partial charge in [0.15, 0.2) is 0 Å². The third-order valence-electron chi connectivity index (χ3n) is 3.81. The second-order valence-electron chi connectivity index (χ2n) is 5.52. The standard InChI is InChI=1S/C20H24O4/c1-22-18-10-5-16(6-11-18)4-3-15-24-20(21)14-9-17-7-12-19(23-2)13-8-17/h5-8,10-13H,3-4,9,14-15H2,1-2H3. The molecule has 0 aliphatic heterocycles. The number of hydrogen-bond donors (Lipinski definition) is 0. The number of aryl methyl sites for hydroxylation is 2. The molecule has 0 aliphatic rings. The van der Waals surface area contributed by atoms with E-state index >= 15 is 0 Å². The maximum Gasteiger partial charge on any atom is 0.306 e. The van der Waals surface area contributed by atoms with E-state index in [0.717, 1.165) is 29.9 Å². The van der Waals surface area contributed by atoms with Crippen molar-refractivity contribution < 1.29 is 19.0 Å². The zero-order valence-electron chi connectivity index (χ0n) is 14.3. The highest BCUT2D eigenvalue weighted by atomic mass is 16.5. The summed E-state index contributed by atoms with van der Waals surface area (Å²) in [6.07, 6.45) is 2.78. The SMILES string of the molecule is COc1ccc(CCCOC(=O)CCc2ccc(OC)cc2)cc1. The van der Waals surface area contributed by atoms with Crippen LogP contribution in [0.5, 0.6) is 11.5 Å². The molecule has 4 heteroatoms. The minimum Gasteiger partial charge on any atom is -0.497 e. The fourth-order valence-electron chi connectivity index (χ4n) is 2.37. The Balaban J connectivity index is 1.62. The van der Waals surface area contributed by atoms with E-state index in [1.807, 2.05) is 48.5 Å². The van der Waals surface area contributed by atoms with Crippen LogP contribution in [0.25, 0.3) is 0 Å². The molecule has 0 spiro atoms. The molecule has 4 nitrogen and oxygen atoms in total. The lowest BCUT2D eigenvalue weighted by Crippen LogP contribution is -2.07. The minimum atomic E-state index is -0.152. The molecule has 0 saturated carbocycles. The van der Waals surface area contributed by atoms with E-state index in [1.54, 1.807) is 14.2 Å². The van der Waals surface area contributed by atoms with Crippen LogP contribution in [-0.2, 0) is 22.4 Å². The van der Waals surface area contributed by atoms with Crippen LogP contribution in [0.4, 0.5) is 0 Å². The van der Waals surface area contributed by atoms with E-state index < -0.39 is 0 Å². The van der Waals surface area contributed by atoms with Crippen molar-refractivity contribution >= 4 is 5.97 Å². The molecule has 128 valence electrons. The lowest BCUT2D eigenvalue weighted by Gasteiger charge is -2.06. The minimum absolute atomic E-state index is 0.152. The average molecular weight is 328 g/mol. The fraction of sp³-hybridized carbons (Fsp3) is 0.350. The Labute approximate surface area is 143 Å². The van der Waals surface area contributed by atoms with Gasteiger partial charge in [0.1, 0.15) is 11.5 Å². The molecular formula is C20H24O4. The van der Waals surface area contributed by atoms with Crippen LogP contribution in [0.3, 0.4) is 0 Å². The van der Waals surface area contributed by atoms with Crippen molar-refractivity contribution in [3.05, 3.63) is 59.7 Å². The average Bonchev–Trinajstić information content (AvgIpc) is 2.64. The van der Waals surface area contributed by atoms with Crippen molar-refractivity contribution in [2.75, 3.05) is 20.8 Å². The van der Waals surface area contributed by atoms with Crippen molar-refractivity contribution in [1.82, 2.24) is 0 Å². The molecule has 0 bridgehead atoms. The molecule has 2 aromatic rings. The predicted molar refractivity (Wildman–Crippen MR) is 93.6 cm³/mol. The summed E-state index contributed by atoms with van der Waals surface area (Å²) < 4.78 is 15.5. The third-order valence-corrected chi connectivity index (χ3v) is 3.81. The molecule has 0 atom stereocenters. The second kappa shape index (κ2) is 9.60. The smallest absolute Gasteiger partial charge is 0.306 e. The van der Waals surface area contributed by atoms with Gasteiger partial charge in [-0.1, -0.05) is 24.3 Å². The van der Waals surface area contributed by atoms with Crippen molar-refractivity contribution in [3.8, 4) is 11.5 Å². The maximum absolute atomic E-state index is 11.8. The molecule has 0 N–H and O–H groups in total. The molecule has 0 radical (unpaired) electrons. The van der Waals surface area contributed by atoms with Gasteiger partial charge >= 0.3 is 5.97 Å². The first-order valence-corrected chi connectivity index (χ1v) is 8.13. The summed E-state index contributed by atoms with van der Waals surface area (Å²) in [4.78, 5) is 11.8. The largest absolute Gasteiger partial charge is 0.497 e. The molecule has 0 unspecified atom stereocenters. The van der Waals surface area contributed by atoms with Gasteiger partial charge in [0, 0.05) is 6.42 Å². The highest BCUT2D eigenvalue weighted by molar-refractivity contribution is 5.69. The zero-order chi connectivity index (χ0) is 17.2. The Bertz CT molecular complexity index is 617. The summed E-state index contributed by atoms with van der Waals surface area (Å²) in [5, 5.41) is 0. The number of rotatable bonds is 9. The Kier molecular flexibility index (Phi) is 7.15. The Morgan fingerprint density at radius 2 is 1.29 bits per heavy atom. The Morgan fingerprint density at radius 3 is 1.79 bits per heavy atom. The second-order valence-corrected chi connectivity index (χ2v) is 5.52. The zero-order valence-corrected chi connectivity index (χ0v) is 14.3. The first kappa shape index (κ1) is 17.9. The molecule has 0 amide bonds. The molecule has 2 rings (SSSR count). The molecule has 0 fully saturated rings. The van der Waals surface area contributed by atoms with Gasteiger partial charge in [-0.15, -0.1) is 0 Å². The molecular weight excluding hydrogens is 304 g/mol. The van der Waals surface area contributed by atoms with Gasteiger partial charge in [0.05, 0.1) is 20.8 Å². The van der Waals surface area contributed by atoms with Crippen LogP contribution < -0.4 is 9.47 Å². The van der Waals surface area contributed by atoms with Crippen LogP contribution in [0, 0.1) is 0 Å². The van der Waals surface area contributed by atoms with Gasteiger partial charge in [-0.3, -0.25) is 4.79 Å². The summed E-state index contributed by atoms with van der Waals surface area (Å²) in [6.45, 7) is 0.452. The van der Waals surface area contributed by atoms with Crippen LogP contribution in [0.15, 0.2) is 48.5 Å². The lowest BCUT2D eigenvalue weighted by atomic mass is 10.1.